The summed E-state index contributed by atoms with van der Waals surface area (Å²) in [4.78, 5) is 4.31. The molecule has 5 heteroatoms. The number of aliphatic hydroxyl groups is 1. The Morgan fingerprint density at radius 3 is 2.85 bits per heavy atom. The standard InChI is InChI=1S/C15H28N2O2S/c1-4-5-6-7-9-19-12-13(18)11-17-15(2,3)14-16-8-10-20-14/h8,10,13,17-18H,4-7,9,11-12H2,1-3H3. The number of thiazole rings is 1. The zero-order valence-corrected chi connectivity index (χ0v) is 13.7. The van der Waals surface area contributed by atoms with Crippen LogP contribution in [0.1, 0.15) is 51.5 Å². The number of rotatable bonds is 11. The minimum Gasteiger partial charge on any atom is -0.389 e. The van der Waals surface area contributed by atoms with Crippen LogP contribution in [-0.2, 0) is 10.3 Å². The average Bonchev–Trinajstić information content (AvgIpc) is 2.95. The molecule has 1 heterocycles. The molecule has 0 aliphatic carbocycles. The molecular weight excluding hydrogens is 272 g/mol. The van der Waals surface area contributed by atoms with Crippen LogP contribution in [0.15, 0.2) is 11.6 Å². The zero-order chi connectivity index (χ0) is 14.8. The van der Waals surface area contributed by atoms with E-state index in [1.807, 2.05) is 5.38 Å². The van der Waals surface area contributed by atoms with Crippen molar-refractivity contribution in [1.29, 1.82) is 0 Å². The van der Waals surface area contributed by atoms with Gasteiger partial charge in [-0.1, -0.05) is 26.2 Å². The second-order valence-electron chi connectivity index (χ2n) is 5.63. The van der Waals surface area contributed by atoms with Crippen LogP contribution in [-0.4, -0.2) is 36.0 Å². The number of unbranched alkanes of at least 4 members (excludes halogenated alkanes) is 3. The van der Waals surface area contributed by atoms with Gasteiger partial charge in [0.25, 0.3) is 0 Å². The number of ether oxygens (including phenoxy) is 1. The van der Waals surface area contributed by atoms with E-state index in [4.69, 9.17) is 4.74 Å². The van der Waals surface area contributed by atoms with Crippen molar-refractivity contribution >= 4 is 11.3 Å². The van der Waals surface area contributed by atoms with Crippen molar-refractivity contribution < 1.29 is 9.84 Å². The number of aromatic nitrogens is 1. The molecule has 116 valence electrons. The van der Waals surface area contributed by atoms with Crippen molar-refractivity contribution in [3.8, 4) is 0 Å². The summed E-state index contributed by atoms with van der Waals surface area (Å²) in [5, 5.41) is 16.2. The molecular formula is C15H28N2O2S. The largest absolute Gasteiger partial charge is 0.389 e. The number of hydrogen-bond donors (Lipinski definition) is 2. The molecule has 20 heavy (non-hydrogen) atoms. The first-order chi connectivity index (χ1) is 9.56. The van der Waals surface area contributed by atoms with Crippen molar-refractivity contribution in [2.75, 3.05) is 19.8 Å². The summed E-state index contributed by atoms with van der Waals surface area (Å²) in [6.07, 6.45) is 6.12. The van der Waals surface area contributed by atoms with Crippen LogP contribution in [0.2, 0.25) is 0 Å². The minimum atomic E-state index is -0.472. The molecule has 1 aromatic heterocycles. The van der Waals surface area contributed by atoms with E-state index in [2.05, 4.69) is 31.1 Å². The fourth-order valence-corrected chi connectivity index (χ4v) is 2.63. The third-order valence-corrected chi connectivity index (χ3v) is 4.30. The van der Waals surface area contributed by atoms with Gasteiger partial charge in [-0.2, -0.15) is 0 Å². The number of nitrogens with zero attached hydrogens (tertiary/aromatic N) is 1. The highest BCUT2D eigenvalue weighted by molar-refractivity contribution is 7.09. The Bertz CT molecular complexity index is 342. The summed E-state index contributed by atoms with van der Waals surface area (Å²) in [5.74, 6) is 0. The Morgan fingerprint density at radius 2 is 2.20 bits per heavy atom. The molecule has 0 bridgehead atoms. The summed E-state index contributed by atoms with van der Waals surface area (Å²) in [7, 11) is 0. The molecule has 0 spiro atoms. The van der Waals surface area contributed by atoms with Crippen LogP contribution in [0.4, 0.5) is 0 Å². The van der Waals surface area contributed by atoms with Crippen LogP contribution in [0.3, 0.4) is 0 Å². The van der Waals surface area contributed by atoms with E-state index in [0.29, 0.717) is 13.2 Å². The van der Waals surface area contributed by atoms with E-state index >= 15 is 0 Å². The fourth-order valence-electron chi connectivity index (χ4n) is 1.89. The van der Waals surface area contributed by atoms with Crippen LogP contribution in [0, 0.1) is 0 Å². The maximum absolute atomic E-state index is 9.91. The van der Waals surface area contributed by atoms with Gasteiger partial charge in [0, 0.05) is 24.7 Å². The molecule has 0 saturated carbocycles. The van der Waals surface area contributed by atoms with Crippen molar-refractivity contribution in [3.05, 3.63) is 16.6 Å². The smallest absolute Gasteiger partial charge is 0.112 e. The van der Waals surface area contributed by atoms with E-state index in [-0.39, 0.29) is 5.54 Å². The van der Waals surface area contributed by atoms with Gasteiger partial charge in [0.15, 0.2) is 0 Å². The number of aliphatic hydroxyl groups excluding tert-OH is 1. The predicted molar refractivity (Wildman–Crippen MR) is 84.1 cm³/mol. The van der Waals surface area contributed by atoms with Gasteiger partial charge >= 0.3 is 0 Å². The average molecular weight is 300 g/mol. The van der Waals surface area contributed by atoms with E-state index in [1.165, 1.54) is 19.3 Å². The molecule has 0 aliphatic heterocycles. The Kier molecular flexibility index (Phi) is 8.30. The molecule has 0 aromatic carbocycles. The van der Waals surface area contributed by atoms with Crippen molar-refractivity contribution in [1.82, 2.24) is 10.3 Å². The first-order valence-corrected chi connectivity index (χ1v) is 8.35. The summed E-state index contributed by atoms with van der Waals surface area (Å²) in [6.45, 7) is 8.00. The highest BCUT2D eigenvalue weighted by Gasteiger charge is 2.23. The Morgan fingerprint density at radius 1 is 1.40 bits per heavy atom. The third-order valence-electron chi connectivity index (χ3n) is 3.20. The number of nitrogens with one attached hydrogen (secondary N) is 1. The molecule has 1 rings (SSSR count). The second kappa shape index (κ2) is 9.45. The maximum atomic E-state index is 9.91. The van der Waals surface area contributed by atoms with Gasteiger partial charge in [-0.15, -0.1) is 11.3 Å². The monoisotopic (exact) mass is 300 g/mol. The summed E-state index contributed by atoms with van der Waals surface area (Å²) >= 11 is 1.62. The van der Waals surface area contributed by atoms with E-state index in [9.17, 15) is 5.11 Å². The first-order valence-electron chi connectivity index (χ1n) is 7.47. The van der Waals surface area contributed by atoms with Crippen LogP contribution < -0.4 is 5.32 Å². The minimum absolute atomic E-state index is 0.212. The lowest BCUT2D eigenvalue weighted by Crippen LogP contribution is -2.42. The molecule has 1 unspecified atom stereocenters. The molecule has 2 N–H and O–H groups in total. The zero-order valence-electron chi connectivity index (χ0n) is 12.9. The molecule has 4 nitrogen and oxygen atoms in total. The van der Waals surface area contributed by atoms with Crippen molar-refractivity contribution in [2.24, 2.45) is 0 Å². The lowest BCUT2D eigenvalue weighted by molar-refractivity contribution is 0.0320. The van der Waals surface area contributed by atoms with Gasteiger partial charge < -0.3 is 15.2 Å². The Balaban J connectivity index is 2.12. The first kappa shape index (κ1) is 17.6. The van der Waals surface area contributed by atoms with Gasteiger partial charge in [-0.05, 0) is 20.3 Å². The Labute approximate surface area is 126 Å². The summed E-state index contributed by atoms with van der Waals surface area (Å²) in [6, 6.07) is 0. The molecule has 1 aromatic rings. The van der Waals surface area contributed by atoms with Gasteiger partial charge in [0.05, 0.1) is 18.2 Å². The van der Waals surface area contributed by atoms with Gasteiger partial charge in [-0.3, -0.25) is 0 Å². The highest BCUT2D eigenvalue weighted by atomic mass is 32.1. The van der Waals surface area contributed by atoms with E-state index in [1.54, 1.807) is 17.5 Å². The molecule has 0 amide bonds. The van der Waals surface area contributed by atoms with Gasteiger partial charge in [-0.25, -0.2) is 4.98 Å². The molecule has 0 radical (unpaired) electrons. The summed E-state index contributed by atoms with van der Waals surface area (Å²) < 4.78 is 5.49. The second-order valence-corrected chi connectivity index (χ2v) is 6.53. The van der Waals surface area contributed by atoms with E-state index in [0.717, 1.165) is 18.0 Å². The maximum Gasteiger partial charge on any atom is 0.112 e. The molecule has 0 fully saturated rings. The quantitative estimate of drug-likeness (QED) is 0.617. The normalized spacial score (nSPS) is 13.6. The summed E-state index contributed by atoms with van der Waals surface area (Å²) in [5.41, 5.74) is -0.212. The van der Waals surface area contributed by atoms with Gasteiger partial charge in [0.1, 0.15) is 5.01 Å². The SMILES string of the molecule is CCCCCCOCC(O)CNC(C)(C)c1nccs1. The predicted octanol–water partition coefficient (Wildman–Crippen LogP) is 2.93. The Hall–Kier alpha value is -0.490. The van der Waals surface area contributed by atoms with Crippen LogP contribution in [0.25, 0.3) is 0 Å². The lowest BCUT2D eigenvalue weighted by atomic mass is 10.1. The topological polar surface area (TPSA) is 54.4 Å². The van der Waals surface area contributed by atoms with E-state index < -0.39 is 6.10 Å². The molecule has 0 saturated heterocycles. The van der Waals surface area contributed by atoms with Crippen LogP contribution >= 0.6 is 11.3 Å². The molecule has 0 aliphatic rings. The van der Waals surface area contributed by atoms with Crippen molar-refractivity contribution in [2.45, 2.75) is 58.1 Å². The number of hydrogen-bond acceptors (Lipinski definition) is 5. The van der Waals surface area contributed by atoms with Crippen molar-refractivity contribution in [3.63, 3.8) is 0 Å². The van der Waals surface area contributed by atoms with Crippen LogP contribution in [0.5, 0.6) is 0 Å². The third kappa shape index (κ3) is 6.79. The fraction of sp³-hybridized carbons (Fsp3) is 0.800. The lowest BCUT2D eigenvalue weighted by Gasteiger charge is -2.25. The van der Waals surface area contributed by atoms with Gasteiger partial charge in [0.2, 0.25) is 0 Å². The molecule has 1 atom stereocenters. The highest BCUT2D eigenvalue weighted by Crippen LogP contribution is 2.21.